The summed E-state index contributed by atoms with van der Waals surface area (Å²) >= 11 is 0. The van der Waals surface area contributed by atoms with Gasteiger partial charge in [-0.3, -0.25) is 19.7 Å². The van der Waals surface area contributed by atoms with Crippen LogP contribution in [0.1, 0.15) is 0 Å². The van der Waals surface area contributed by atoms with Crippen LogP contribution < -0.4 is 10.6 Å². The molecular formula is C8H11N3O5. The molecule has 8 nitrogen and oxygen atoms in total. The summed E-state index contributed by atoms with van der Waals surface area (Å²) in [6, 6.07) is -0.878. The van der Waals surface area contributed by atoms with Gasteiger partial charge in [-0.2, -0.15) is 0 Å². The monoisotopic (exact) mass is 229 g/mol. The second-order valence-electron chi connectivity index (χ2n) is 2.99. The Morgan fingerprint density at radius 2 is 2.12 bits per heavy atom. The number of nitrogens with zero attached hydrogens (tertiary/aromatic N) is 1. The second kappa shape index (κ2) is 5.21. The normalized spacial score (nSPS) is 15.3. The fourth-order valence-electron chi connectivity index (χ4n) is 1.07. The van der Waals surface area contributed by atoms with Crippen molar-refractivity contribution in [2.24, 2.45) is 0 Å². The zero-order valence-corrected chi connectivity index (χ0v) is 8.61. The number of carbonyl (C=O) groups excluding carboxylic acids is 4. The highest BCUT2D eigenvalue weighted by Crippen LogP contribution is 1.99. The molecule has 0 aromatic heterocycles. The van der Waals surface area contributed by atoms with Gasteiger partial charge in [0.2, 0.25) is 5.91 Å². The molecule has 5 amide bonds. The van der Waals surface area contributed by atoms with Crippen LogP contribution in [0.15, 0.2) is 0 Å². The first-order chi connectivity index (χ1) is 7.56. The molecule has 16 heavy (non-hydrogen) atoms. The molecule has 1 aliphatic heterocycles. The van der Waals surface area contributed by atoms with E-state index in [1.165, 1.54) is 7.11 Å². The van der Waals surface area contributed by atoms with Crippen LogP contribution in [0.4, 0.5) is 4.79 Å². The molecule has 2 N–H and O–H groups in total. The Bertz CT molecular complexity index is 341. The van der Waals surface area contributed by atoms with Crippen LogP contribution in [0, 0.1) is 0 Å². The summed E-state index contributed by atoms with van der Waals surface area (Å²) in [4.78, 5) is 44.6. The lowest BCUT2D eigenvalue weighted by atomic mass is 10.4. The van der Waals surface area contributed by atoms with Crippen molar-refractivity contribution in [1.29, 1.82) is 0 Å². The largest absolute Gasteiger partial charge is 0.383 e. The van der Waals surface area contributed by atoms with Gasteiger partial charge in [0.25, 0.3) is 0 Å². The third kappa shape index (κ3) is 2.76. The zero-order valence-electron chi connectivity index (χ0n) is 8.61. The molecule has 1 saturated heterocycles. The van der Waals surface area contributed by atoms with E-state index >= 15 is 0 Å². The maximum absolute atomic E-state index is 11.2. The fourth-order valence-corrected chi connectivity index (χ4v) is 1.07. The Labute approximate surface area is 90.9 Å². The highest BCUT2D eigenvalue weighted by atomic mass is 16.5. The van der Waals surface area contributed by atoms with E-state index in [0.29, 0.717) is 11.5 Å². The lowest BCUT2D eigenvalue weighted by Gasteiger charge is -2.10. The van der Waals surface area contributed by atoms with Crippen LogP contribution in [-0.2, 0) is 19.1 Å². The first-order valence-corrected chi connectivity index (χ1v) is 4.48. The molecule has 0 radical (unpaired) electrons. The Morgan fingerprint density at radius 3 is 2.62 bits per heavy atom. The topological polar surface area (TPSA) is 105 Å². The maximum atomic E-state index is 11.2. The summed E-state index contributed by atoms with van der Waals surface area (Å²) in [5.41, 5.74) is 0. The molecule has 8 heteroatoms. The summed E-state index contributed by atoms with van der Waals surface area (Å²) in [6.07, 6.45) is 0. The van der Waals surface area contributed by atoms with Crippen LogP contribution in [0.5, 0.6) is 0 Å². The van der Waals surface area contributed by atoms with Crippen molar-refractivity contribution >= 4 is 23.8 Å². The number of carbonyl (C=O) groups is 4. The molecule has 0 aromatic rings. The van der Waals surface area contributed by atoms with Crippen molar-refractivity contribution in [2.75, 3.05) is 26.8 Å². The minimum absolute atomic E-state index is 0.271. The molecule has 88 valence electrons. The minimum atomic E-state index is -1.02. The Hall–Kier alpha value is -1.96. The maximum Gasteiger partial charge on any atom is 0.332 e. The molecule has 0 saturated carbocycles. The van der Waals surface area contributed by atoms with Gasteiger partial charge in [-0.25, -0.2) is 9.69 Å². The van der Waals surface area contributed by atoms with E-state index in [0.717, 1.165) is 0 Å². The molecule has 0 aromatic carbocycles. The van der Waals surface area contributed by atoms with Crippen LogP contribution in [-0.4, -0.2) is 55.5 Å². The molecule has 0 aliphatic carbocycles. The predicted octanol–water partition coefficient (Wildman–Crippen LogP) is -2.17. The number of amides is 5. The molecule has 1 rings (SSSR count). The minimum Gasteiger partial charge on any atom is -0.383 e. The molecular weight excluding hydrogens is 218 g/mol. The standard InChI is InChI=1S/C8H11N3O5/c1-16-3-2-9-5(12)4-11-7(14)6(13)10-8(11)15/h2-4H2,1H3,(H,9,12)(H,10,13,15). The highest BCUT2D eigenvalue weighted by molar-refractivity contribution is 6.45. The van der Waals surface area contributed by atoms with Crippen LogP contribution in [0.25, 0.3) is 0 Å². The van der Waals surface area contributed by atoms with Gasteiger partial charge in [0, 0.05) is 13.7 Å². The lowest BCUT2D eigenvalue weighted by Crippen LogP contribution is -2.41. The second-order valence-corrected chi connectivity index (χ2v) is 2.99. The van der Waals surface area contributed by atoms with Crippen molar-refractivity contribution < 1.29 is 23.9 Å². The SMILES string of the molecule is COCCNC(=O)CN1C(=O)NC(=O)C1=O. The Kier molecular flexibility index (Phi) is 3.95. The first-order valence-electron chi connectivity index (χ1n) is 4.48. The van der Waals surface area contributed by atoms with E-state index in [4.69, 9.17) is 4.74 Å². The summed E-state index contributed by atoms with van der Waals surface area (Å²) < 4.78 is 4.69. The molecule has 0 bridgehead atoms. The van der Waals surface area contributed by atoms with E-state index < -0.39 is 30.3 Å². The van der Waals surface area contributed by atoms with Gasteiger partial charge in [0.15, 0.2) is 0 Å². The third-order valence-corrected chi connectivity index (χ3v) is 1.84. The van der Waals surface area contributed by atoms with E-state index in [2.05, 4.69) is 5.32 Å². The van der Waals surface area contributed by atoms with Crippen molar-refractivity contribution in [3.63, 3.8) is 0 Å². The van der Waals surface area contributed by atoms with Gasteiger partial charge in [-0.1, -0.05) is 0 Å². The summed E-state index contributed by atoms with van der Waals surface area (Å²) in [7, 11) is 1.47. The van der Waals surface area contributed by atoms with Crippen molar-refractivity contribution in [3.8, 4) is 0 Å². The lowest BCUT2D eigenvalue weighted by molar-refractivity contribution is -0.141. The molecule has 1 heterocycles. The number of nitrogens with one attached hydrogen (secondary N) is 2. The van der Waals surface area contributed by atoms with Gasteiger partial charge < -0.3 is 10.1 Å². The van der Waals surface area contributed by atoms with Gasteiger partial charge in [0.1, 0.15) is 6.54 Å². The number of imide groups is 2. The average Bonchev–Trinajstić information content (AvgIpc) is 2.46. The smallest absolute Gasteiger partial charge is 0.332 e. The molecule has 0 spiro atoms. The number of methoxy groups -OCH3 is 1. The number of hydrogen-bond donors (Lipinski definition) is 2. The number of hydrogen-bond acceptors (Lipinski definition) is 5. The van der Waals surface area contributed by atoms with E-state index in [1.807, 2.05) is 0 Å². The van der Waals surface area contributed by atoms with E-state index in [9.17, 15) is 19.2 Å². The third-order valence-electron chi connectivity index (χ3n) is 1.84. The average molecular weight is 229 g/mol. The predicted molar refractivity (Wildman–Crippen MR) is 50.1 cm³/mol. The van der Waals surface area contributed by atoms with Gasteiger partial charge in [0.05, 0.1) is 6.61 Å². The summed E-state index contributed by atoms with van der Waals surface area (Å²) in [5.74, 6) is -2.57. The van der Waals surface area contributed by atoms with E-state index in [-0.39, 0.29) is 6.54 Å². The molecule has 0 atom stereocenters. The zero-order chi connectivity index (χ0) is 12.1. The molecule has 1 fully saturated rings. The van der Waals surface area contributed by atoms with Crippen LogP contribution >= 0.6 is 0 Å². The van der Waals surface area contributed by atoms with Gasteiger partial charge in [-0.05, 0) is 0 Å². The summed E-state index contributed by atoms with van der Waals surface area (Å²) in [5, 5.41) is 4.20. The number of ether oxygens (including phenoxy) is 1. The molecule has 1 aliphatic rings. The first kappa shape index (κ1) is 12.1. The van der Waals surface area contributed by atoms with Crippen LogP contribution in [0.3, 0.4) is 0 Å². The van der Waals surface area contributed by atoms with Crippen molar-refractivity contribution in [3.05, 3.63) is 0 Å². The molecule has 0 unspecified atom stereocenters. The number of urea groups is 1. The van der Waals surface area contributed by atoms with Gasteiger partial charge in [-0.15, -0.1) is 0 Å². The van der Waals surface area contributed by atoms with Crippen molar-refractivity contribution in [2.45, 2.75) is 0 Å². The fraction of sp³-hybridized carbons (Fsp3) is 0.500. The van der Waals surface area contributed by atoms with Crippen LogP contribution in [0.2, 0.25) is 0 Å². The number of rotatable bonds is 5. The Morgan fingerprint density at radius 1 is 1.44 bits per heavy atom. The van der Waals surface area contributed by atoms with E-state index in [1.54, 1.807) is 5.32 Å². The quantitative estimate of drug-likeness (QED) is 0.317. The Balaban J connectivity index is 2.42. The van der Waals surface area contributed by atoms with Gasteiger partial charge >= 0.3 is 17.8 Å². The van der Waals surface area contributed by atoms with Crippen molar-refractivity contribution in [1.82, 2.24) is 15.5 Å². The highest BCUT2D eigenvalue weighted by Gasteiger charge is 2.37. The summed E-state index contributed by atoms with van der Waals surface area (Å²) in [6.45, 7) is 0.123.